The van der Waals surface area contributed by atoms with Gasteiger partial charge in [-0.05, 0) is 24.3 Å². The molecule has 134 valence electrons. The smallest absolute Gasteiger partial charge is 0.142 e. The van der Waals surface area contributed by atoms with Gasteiger partial charge in [0.2, 0.25) is 0 Å². The Balaban J connectivity index is 1.56. The molecule has 0 atom stereocenters. The van der Waals surface area contributed by atoms with Crippen LogP contribution in [0.1, 0.15) is 0 Å². The lowest BCUT2D eigenvalue weighted by molar-refractivity contribution is 0.413. The third-order valence-electron chi connectivity index (χ3n) is 4.83. The molecule has 3 aromatic rings. The molecule has 0 unspecified atom stereocenters. The van der Waals surface area contributed by atoms with E-state index in [1.807, 2.05) is 30.3 Å². The predicted octanol–water partition coefficient (Wildman–Crippen LogP) is 2.97. The van der Waals surface area contributed by atoms with Crippen LogP contribution in [0.2, 0.25) is 0 Å². The summed E-state index contributed by atoms with van der Waals surface area (Å²) in [6.07, 6.45) is 1.63. The summed E-state index contributed by atoms with van der Waals surface area (Å²) < 4.78 is 10.8. The first-order valence-corrected chi connectivity index (χ1v) is 8.72. The molecule has 6 nitrogen and oxygen atoms in total. The van der Waals surface area contributed by atoms with Gasteiger partial charge in [0.25, 0.3) is 0 Å². The van der Waals surface area contributed by atoms with Gasteiger partial charge in [0.15, 0.2) is 0 Å². The number of para-hydroxylation sites is 2. The van der Waals surface area contributed by atoms with E-state index in [1.54, 1.807) is 20.5 Å². The molecule has 0 radical (unpaired) electrons. The summed E-state index contributed by atoms with van der Waals surface area (Å²) in [4.78, 5) is 13.6. The first-order valence-electron chi connectivity index (χ1n) is 8.72. The van der Waals surface area contributed by atoms with Crippen molar-refractivity contribution >= 4 is 22.4 Å². The van der Waals surface area contributed by atoms with Crippen LogP contribution in [0, 0.1) is 0 Å². The van der Waals surface area contributed by atoms with Crippen molar-refractivity contribution in [3.63, 3.8) is 0 Å². The minimum Gasteiger partial charge on any atom is -0.497 e. The third kappa shape index (κ3) is 2.98. The normalized spacial score (nSPS) is 14.5. The van der Waals surface area contributed by atoms with Gasteiger partial charge in [0, 0.05) is 37.6 Å². The Labute approximate surface area is 153 Å². The van der Waals surface area contributed by atoms with Crippen molar-refractivity contribution in [2.24, 2.45) is 0 Å². The van der Waals surface area contributed by atoms with Crippen LogP contribution in [0.4, 0.5) is 11.5 Å². The Morgan fingerprint density at radius 3 is 2.38 bits per heavy atom. The average molecular weight is 350 g/mol. The lowest BCUT2D eigenvalue weighted by atomic mass is 10.2. The van der Waals surface area contributed by atoms with E-state index >= 15 is 0 Å². The molecule has 4 rings (SSSR count). The molecule has 2 aromatic carbocycles. The largest absolute Gasteiger partial charge is 0.497 e. The number of hydrogen-bond acceptors (Lipinski definition) is 6. The third-order valence-corrected chi connectivity index (χ3v) is 4.83. The molecule has 0 spiro atoms. The minimum atomic E-state index is 0.808. The summed E-state index contributed by atoms with van der Waals surface area (Å²) >= 11 is 0. The fourth-order valence-electron chi connectivity index (χ4n) is 3.45. The Hall–Kier alpha value is -3.02. The van der Waals surface area contributed by atoms with E-state index in [2.05, 4.69) is 31.9 Å². The van der Waals surface area contributed by atoms with E-state index in [-0.39, 0.29) is 0 Å². The van der Waals surface area contributed by atoms with Crippen LogP contribution >= 0.6 is 0 Å². The number of hydrogen-bond donors (Lipinski definition) is 0. The van der Waals surface area contributed by atoms with Crippen LogP contribution in [0.15, 0.2) is 48.8 Å². The standard InChI is InChI=1S/C20H22N4O2/c1-25-15-7-8-16-17(13-15)21-14-22-20(16)24-11-9-23(10-12-24)18-5-3-4-6-19(18)26-2/h3-8,13-14H,9-12H2,1-2H3. The molecular weight excluding hydrogens is 328 g/mol. The van der Waals surface area contributed by atoms with E-state index in [1.165, 1.54) is 0 Å². The van der Waals surface area contributed by atoms with Crippen LogP contribution in [0.5, 0.6) is 11.5 Å². The van der Waals surface area contributed by atoms with Crippen LogP contribution in [-0.4, -0.2) is 50.4 Å². The summed E-state index contributed by atoms with van der Waals surface area (Å²) in [5.41, 5.74) is 2.05. The highest BCUT2D eigenvalue weighted by molar-refractivity contribution is 5.90. The molecule has 0 aliphatic carbocycles. The fourth-order valence-corrected chi connectivity index (χ4v) is 3.45. The number of benzene rings is 2. The summed E-state index contributed by atoms with van der Waals surface area (Å²) in [6, 6.07) is 14.1. The molecular formula is C20H22N4O2. The average Bonchev–Trinajstić information content (AvgIpc) is 2.73. The number of rotatable bonds is 4. The van der Waals surface area contributed by atoms with Gasteiger partial charge in [0.1, 0.15) is 23.6 Å². The predicted molar refractivity (Wildman–Crippen MR) is 104 cm³/mol. The Morgan fingerprint density at radius 1 is 0.846 bits per heavy atom. The molecule has 1 saturated heterocycles. The van der Waals surface area contributed by atoms with E-state index in [9.17, 15) is 0 Å². The Morgan fingerprint density at radius 2 is 1.62 bits per heavy atom. The van der Waals surface area contributed by atoms with Gasteiger partial charge < -0.3 is 19.3 Å². The number of methoxy groups -OCH3 is 2. The molecule has 0 N–H and O–H groups in total. The van der Waals surface area contributed by atoms with Crippen molar-refractivity contribution in [1.29, 1.82) is 0 Å². The molecule has 6 heteroatoms. The van der Waals surface area contributed by atoms with Crippen molar-refractivity contribution in [3.8, 4) is 11.5 Å². The maximum Gasteiger partial charge on any atom is 0.142 e. The van der Waals surface area contributed by atoms with E-state index < -0.39 is 0 Å². The van der Waals surface area contributed by atoms with Crippen molar-refractivity contribution in [3.05, 3.63) is 48.8 Å². The van der Waals surface area contributed by atoms with E-state index in [0.29, 0.717) is 0 Å². The number of piperazine rings is 1. The summed E-state index contributed by atoms with van der Waals surface area (Å²) in [5.74, 6) is 2.71. The SMILES string of the molecule is COc1ccc2c(N3CCN(c4ccccc4OC)CC3)ncnc2c1. The summed E-state index contributed by atoms with van der Waals surface area (Å²) in [6.45, 7) is 3.64. The van der Waals surface area contributed by atoms with Gasteiger partial charge >= 0.3 is 0 Å². The van der Waals surface area contributed by atoms with Crippen molar-refractivity contribution in [2.45, 2.75) is 0 Å². The summed E-state index contributed by atoms with van der Waals surface area (Å²) in [5, 5.41) is 1.05. The van der Waals surface area contributed by atoms with E-state index in [4.69, 9.17) is 9.47 Å². The van der Waals surface area contributed by atoms with Gasteiger partial charge in [-0.3, -0.25) is 0 Å². The van der Waals surface area contributed by atoms with Gasteiger partial charge in [-0.2, -0.15) is 0 Å². The number of nitrogens with zero attached hydrogens (tertiary/aromatic N) is 4. The zero-order valence-electron chi connectivity index (χ0n) is 15.1. The second kappa shape index (κ2) is 7.07. The zero-order valence-corrected chi connectivity index (χ0v) is 15.1. The molecule has 1 aromatic heterocycles. The monoisotopic (exact) mass is 350 g/mol. The first-order chi connectivity index (χ1) is 12.8. The van der Waals surface area contributed by atoms with Crippen LogP contribution in [0.25, 0.3) is 10.9 Å². The van der Waals surface area contributed by atoms with Crippen molar-refractivity contribution < 1.29 is 9.47 Å². The number of ether oxygens (including phenoxy) is 2. The van der Waals surface area contributed by atoms with E-state index in [0.717, 1.165) is 60.1 Å². The maximum atomic E-state index is 5.50. The van der Waals surface area contributed by atoms with Gasteiger partial charge in [-0.1, -0.05) is 12.1 Å². The molecule has 0 amide bonds. The van der Waals surface area contributed by atoms with Crippen molar-refractivity contribution in [1.82, 2.24) is 9.97 Å². The topological polar surface area (TPSA) is 50.7 Å². The molecule has 0 saturated carbocycles. The molecule has 1 aliphatic rings. The molecule has 1 fully saturated rings. The molecule has 26 heavy (non-hydrogen) atoms. The minimum absolute atomic E-state index is 0.808. The number of aromatic nitrogens is 2. The molecule has 1 aliphatic heterocycles. The van der Waals surface area contributed by atoms with Crippen molar-refractivity contribution in [2.75, 3.05) is 50.2 Å². The number of anilines is 2. The fraction of sp³-hybridized carbons (Fsp3) is 0.300. The summed E-state index contributed by atoms with van der Waals surface area (Å²) in [7, 11) is 3.39. The molecule has 0 bridgehead atoms. The highest BCUT2D eigenvalue weighted by atomic mass is 16.5. The highest BCUT2D eigenvalue weighted by Crippen LogP contribution is 2.31. The lowest BCUT2D eigenvalue weighted by Crippen LogP contribution is -2.47. The van der Waals surface area contributed by atoms with Crippen LogP contribution in [0.3, 0.4) is 0 Å². The van der Waals surface area contributed by atoms with Crippen LogP contribution in [-0.2, 0) is 0 Å². The highest BCUT2D eigenvalue weighted by Gasteiger charge is 2.21. The van der Waals surface area contributed by atoms with Gasteiger partial charge in [-0.25, -0.2) is 9.97 Å². The first kappa shape index (κ1) is 16.4. The zero-order chi connectivity index (χ0) is 17.9. The Kier molecular flexibility index (Phi) is 4.48. The number of fused-ring (bicyclic) bond motifs is 1. The molecule has 2 heterocycles. The second-order valence-electron chi connectivity index (χ2n) is 6.23. The quantitative estimate of drug-likeness (QED) is 0.721. The van der Waals surface area contributed by atoms with Gasteiger partial charge in [0.05, 0.1) is 25.4 Å². The van der Waals surface area contributed by atoms with Gasteiger partial charge in [-0.15, -0.1) is 0 Å². The second-order valence-corrected chi connectivity index (χ2v) is 6.23. The van der Waals surface area contributed by atoms with Crippen LogP contribution < -0.4 is 19.3 Å². The lowest BCUT2D eigenvalue weighted by Gasteiger charge is -2.37. The maximum absolute atomic E-state index is 5.50. The Bertz CT molecular complexity index is 907.